The third-order valence-electron chi connectivity index (χ3n) is 5.00. The largest absolute Gasteiger partial charge is 0.417 e. The Morgan fingerprint density at radius 2 is 1.64 bits per heavy atom. The fourth-order valence-electron chi connectivity index (χ4n) is 3.25. The van der Waals surface area contributed by atoms with Crippen LogP contribution in [0.3, 0.4) is 0 Å². The van der Waals surface area contributed by atoms with Crippen molar-refractivity contribution in [3.05, 3.63) is 74.2 Å². The molecule has 1 atom stereocenters. The second-order valence-corrected chi connectivity index (χ2v) is 9.39. The number of nitrogens with one attached hydrogen (secondary N) is 1. The van der Waals surface area contributed by atoms with Gasteiger partial charge in [-0.25, -0.2) is 4.39 Å². The molecule has 0 aliphatic carbocycles. The summed E-state index contributed by atoms with van der Waals surface area (Å²) in [4.78, 5) is 24.2. The Hall–Kier alpha value is -2.81. The molecule has 1 unspecified atom stereocenters. The number of hydrogen-bond acceptors (Lipinski definition) is 2. The van der Waals surface area contributed by atoms with E-state index in [-0.39, 0.29) is 26.5 Å². The number of allylic oxidation sites excluding steroid dienone is 1. The molecule has 0 fully saturated rings. The zero-order chi connectivity index (χ0) is 29.9. The van der Waals surface area contributed by atoms with Gasteiger partial charge in [-0.15, -0.1) is 0 Å². The van der Waals surface area contributed by atoms with Gasteiger partial charge in [0.25, 0.3) is 5.91 Å². The molecule has 4 nitrogen and oxygen atoms in total. The predicted octanol–water partition coefficient (Wildman–Crippen LogP) is 7.53. The van der Waals surface area contributed by atoms with Gasteiger partial charge in [0.1, 0.15) is 18.3 Å². The van der Waals surface area contributed by atoms with Crippen LogP contribution in [0, 0.1) is 0 Å². The fraction of sp³-hybridized carbons (Fsp3) is 0.304. The average Bonchev–Trinajstić information content (AvgIpc) is 2.77. The molecule has 39 heavy (non-hydrogen) atoms. The van der Waals surface area contributed by atoms with E-state index in [1.165, 1.54) is 6.07 Å². The van der Waals surface area contributed by atoms with E-state index in [0.717, 1.165) is 19.2 Å². The van der Waals surface area contributed by atoms with Gasteiger partial charge in [0.2, 0.25) is 5.91 Å². The molecule has 0 aliphatic heterocycles. The van der Waals surface area contributed by atoms with Crippen LogP contribution in [0.15, 0.2) is 46.9 Å². The monoisotopic (exact) mass is 656 g/mol. The van der Waals surface area contributed by atoms with E-state index in [2.05, 4.69) is 15.9 Å². The molecule has 0 heterocycles. The number of carbonyl (C=O) groups excluding carboxylic acids is 2. The minimum atomic E-state index is -5.30. The highest BCUT2D eigenvalue weighted by Crippen LogP contribution is 2.41. The van der Waals surface area contributed by atoms with Gasteiger partial charge in [-0.3, -0.25) is 9.59 Å². The van der Waals surface area contributed by atoms with Gasteiger partial charge in [0.05, 0.1) is 17.7 Å². The van der Waals surface area contributed by atoms with Crippen molar-refractivity contribution in [3.8, 4) is 0 Å². The molecule has 0 aliphatic rings. The van der Waals surface area contributed by atoms with Gasteiger partial charge in [-0.2, -0.15) is 39.5 Å². The van der Waals surface area contributed by atoms with Crippen LogP contribution in [0.25, 0.3) is 5.83 Å². The third-order valence-corrected chi connectivity index (χ3v) is 5.67. The minimum Gasteiger partial charge on any atom is -0.343 e. The average molecular weight is 658 g/mol. The number of amides is 2. The molecule has 0 bridgehead atoms. The summed E-state index contributed by atoms with van der Waals surface area (Å²) >= 11 is 8.71. The molecule has 0 spiro atoms. The van der Waals surface area contributed by atoms with Gasteiger partial charge >= 0.3 is 18.5 Å². The SMILES string of the molecule is CN(CC(F)(F)F)C(=O)CNC(=O)c1ccc(C(F)=CC(c2cc(Cl)cc(Br)c2)C(F)(F)F)cc1C(F)(F)F. The Balaban J connectivity index is 2.40. The number of halogens is 12. The Morgan fingerprint density at radius 3 is 2.15 bits per heavy atom. The quantitative estimate of drug-likeness (QED) is 0.313. The number of alkyl halides is 9. The molecular formula is C23H16BrClF10N2O2. The maximum Gasteiger partial charge on any atom is 0.417 e. The van der Waals surface area contributed by atoms with Crippen LogP contribution in [-0.2, 0) is 11.0 Å². The standard InChI is InChI=1S/C23H16BrClF10N2O2/c1-37(10-21(27,28)29)19(38)9-36-20(39)15-3-2-11(6-17(15)23(33,34)35)18(26)8-16(22(30,31)32)12-4-13(24)7-14(25)5-12/h2-8,16H,9-10H2,1H3,(H,36,39). The lowest BCUT2D eigenvalue weighted by molar-refractivity contribution is -0.157. The van der Waals surface area contributed by atoms with Crippen molar-refractivity contribution in [2.24, 2.45) is 0 Å². The second-order valence-electron chi connectivity index (χ2n) is 8.04. The van der Waals surface area contributed by atoms with E-state index < -0.39 is 77.4 Å². The van der Waals surface area contributed by atoms with E-state index in [9.17, 15) is 53.5 Å². The van der Waals surface area contributed by atoms with Gasteiger partial charge in [-0.1, -0.05) is 33.6 Å². The van der Waals surface area contributed by atoms with Crippen molar-refractivity contribution in [2.45, 2.75) is 24.4 Å². The first-order chi connectivity index (χ1) is 17.7. The topological polar surface area (TPSA) is 49.4 Å². The summed E-state index contributed by atoms with van der Waals surface area (Å²) in [6.45, 7) is -2.78. The number of benzene rings is 2. The van der Waals surface area contributed by atoms with Crippen LogP contribution >= 0.6 is 27.5 Å². The van der Waals surface area contributed by atoms with Gasteiger partial charge in [0.15, 0.2) is 0 Å². The lowest BCUT2D eigenvalue weighted by Crippen LogP contribution is -2.42. The first-order valence-electron chi connectivity index (χ1n) is 10.4. The molecule has 2 aromatic rings. The number of likely N-dealkylation sites (N-methyl/N-ethyl adjacent to an activating group) is 1. The highest BCUT2D eigenvalue weighted by Gasteiger charge is 2.41. The van der Waals surface area contributed by atoms with Crippen LogP contribution in [0.2, 0.25) is 5.02 Å². The molecule has 2 amide bonds. The summed E-state index contributed by atoms with van der Waals surface area (Å²) in [6.07, 6.45) is -15.1. The molecular weight excluding hydrogens is 642 g/mol. The lowest BCUT2D eigenvalue weighted by atomic mass is 9.95. The van der Waals surface area contributed by atoms with Crippen molar-refractivity contribution in [2.75, 3.05) is 20.1 Å². The van der Waals surface area contributed by atoms with Crippen molar-refractivity contribution in [1.29, 1.82) is 0 Å². The van der Waals surface area contributed by atoms with E-state index in [0.29, 0.717) is 12.1 Å². The van der Waals surface area contributed by atoms with Crippen molar-refractivity contribution >= 4 is 45.2 Å². The normalized spacial score (nSPS) is 13.7. The fourth-order valence-corrected chi connectivity index (χ4v) is 4.13. The van der Waals surface area contributed by atoms with Crippen LogP contribution in [0.5, 0.6) is 0 Å². The lowest BCUT2D eigenvalue weighted by Gasteiger charge is -2.20. The Kier molecular flexibility index (Phi) is 10.1. The third kappa shape index (κ3) is 9.41. The maximum atomic E-state index is 14.9. The van der Waals surface area contributed by atoms with Crippen molar-refractivity contribution in [3.63, 3.8) is 0 Å². The van der Waals surface area contributed by atoms with E-state index in [1.54, 1.807) is 5.32 Å². The Morgan fingerprint density at radius 1 is 1.03 bits per heavy atom. The van der Waals surface area contributed by atoms with Crippen LogP contribution in [-0.4, -0.2) is 49.2 Å². The predicted molar refractivity (Wildman–Crippen MR) is 125 cm³/mol. The minimum absolute atomic E-state index is 0.0441. The van der Waals surface area contributed by atoms with Crippen LogP contribution in [0.1, 0.15) is 33.0 Å². The molecule has 0 saturated carbocycles. The summed E-state index contributed by atoms with van der Waals surface area (Å²) in [5, 5.41) is 1.61. The highest BCUT2D eigenvalue weighted by molar-refractivity contribution is 9.10. The first-order valence-corrected chi connectivity index (χ1v) is 11.6. The van der Waals surface area contributed by atoms with Crippen LogP contribution in [0.4, 0.5) is 43.9 Å². The second kappa shape index (κ2) is 12.1. The highest BCUT2D eigenvalue weighted by atomic mass is 79.9. The van der Waals surface area contributed by atoms with Crippen LogP contribution < -0.4 is 5.32 Å². The van der Waals surface area contributed by atoms with Gasteiger partial charge < -0.3 is 10.2 Å². The summed E-state index contributed by atoms with van der Waals surface area (Å²) in [5.74, 6) is -7.12. The smallest absolute Gasteiger partial charge is 0.343 e. The Labute approximate surface area is 227 Å². The number of hydrogen-bond donors (Lipinski definition) is 1. The van der Waals surface area contributed by atoms with E-state index in [1.807, 2.05) is 0 Å². The molecule has 214 valence electrons. The molecule has 0 radical (unpaired) electrons. The van der Waals surface area contributed by atoms with Crippen molar-refractivity contribution < 1.29 is 53.5 Å². The summed E-state index contributed by atoms with van der Waals surface area (Å²) in [6, 6.07) is 4.32. The Bertz CT molecular complexity index is 1240. The van der Waals surface area contributed by atoms with E-state index in [4.69, 9.17) is 11.6 Å². The zero-order valence-corrected chi connectivity index (χ0v) is 21.7. The zero-order valence-electron chi connectivity index (χ0n) is 19.3. The van der Waals surface area contributed by atoms with E-state index >= 15 is 0 Å². The molecule has 0 aromatic heterocycles. The summed E-state index contributed by atoms with van der Waals surface area (Å²) in [5.41, 5.74) is -4.36. The number of carbonyl (C=O) groups is 2. The molecule has 16 heteroatoms. The van der Waals surface area contributed by atoms with Gasteiger partial charge in [-0.05, 0) is 42.0 Å². The summed E-state index contributed by atoms with van der Waals surface area (Å²) in [7, 11) is 0.753. The maximum absolute atomic E-state index is 14.9. The number of rotatable bonds is 7. The molecule has 2 rings (SSSR count). The summed E-state index contributed by atoms with van der Waals surface area (Å²) < 4.78 is 134. The number of nitrogens with zero attached hydrogens (tertiary/aromatic N) is 1. The molecule has 1 N–H and O–H groups in total. The van der Waals surface area contributed by atoms with Crippen molar-refractivity contribution in [1.82, 2.24) is 10.2 Å². The van der Waals surface area contributed by atoms with Gasteiger partial charge in [0, 0.05) is 22.1 Å². The molecule has 2 aromatic carbocycles. The molecule has 0 saturated heterocycles. The first kappa shape index (κ1) is 32.4.